The molecular formula is C18H24N2O3. The number of rotatable bonds is 5. The monoisotopic (exact) mass is 316 g/mol. The van der Waals surface area contributed by atoms with Gasteiger partial charge in [0.05, 0.1) is 6.04 Å². The van der Waals surface area contributed by atoms with Crippen LogP contribution in [0.15, 0.2) is 30.3 Å². The van der Waals surface area contributed by atoms with Crippen molar-refractivity contribution in [3.05, 3.63) is 35.9 Å². The Morgan fingerprint density at radius 2 is 1.91 bits per heavy atom. The fourth-order valence-electron chi connectivity index (χ4n) is 4.14. The van der Waals surface area contributed by atoms with Crippen LogP contribution in [0.25, 0.3) is 0 Å². The van der Waals surface area contributed by atoms with E-state index in [1.165, 1.54) is 31.2 Å². The number of benzene rings is 1. The van der Waals surface area contributed by atoms with Crippen molar-refractivity contribution in [3.63, 3.8) is 0 Å². The minimum Gasteiger partial charge on any atom is -0.481 e. The van der Waals surface area contributed by atoms with E-state index in [-0.39, 0.29) is 23.9 Å². The maximum atomic E-state index is 12.5. The second kappa shape index (κ2) is 6.60. The van der Waals surface area contributed by atoms with Gasteiger partial charge in [0.25, 0.3) is 0 Å². The summed E-state index contributed by atoms with van der Waals surface area (Å²) in [7, 11) is 0. The van der Waals surface area contributed by atoms with Crippen molar-refractivity contribution in [3.8, 4) is 0 Å². The number of carbonyl (C=O) groups excluding carboxylic acids is 1. The van der Waals surface area contributed by atoms with E-state index >= 15 is 0 Å². The molecule has 1 aliphatic heterocycles. The summed E-state index contributed by atoms with van der Waals surface area (Å²) >= 11 is 0. The highest BCUT2D eigenvalue weighted by atomic mass is 16.4. The van der Waals surface area contributed by atoms with Crippen LogP contribution in [0.5, 0.6) is 0 Å². The Bertz CT molecular complexity index is 567. The lowest BCUT2D eigenvalue weighted by Gasteiger charge is -2.56. The smallest absolute Gasteiger partial charge is 0.317 e. The van der Waals surface area contributed by atoms with Crippen LogP contribution in [0.1, 0.15) is 50.1 Å². The van der Waals surface area contributed by atoms with Crippen LogP contribution in [0.3, 0.4) is 0 Å². The Kier molecular flexibility index (Phi) is 4.55. The summed E-state index contributed by atoms with van der Waals surface area (Å²) in [6, 6.07) is 10.4. The molecule has 5 heteroatoms. The minimum atomic E-state index is -0.824. The third-order valence-corrected chi connectivity index (χ3v) is 5.20. The molecule has 1 saturated heterocycles. The van der Waals surface area contributed by atoms with Crippen LogP contribution in [-0.4, -0.2) is 35.1 Å². The molecule has 1 saturated carbocycles. The second-order valence-electron chi connectivity index (χ2n) is 6.74. The summed E-state index contributed by atoms with van der Waals surface area (Å²) in [5.74, 6) is -0.824. The van der Waals surface area contributed by atoms with Crippen molar-refractivity contribution in [1.82, 2.24) is 10.2 Å². The molecule has 1 aromatic carbocycles. The summed E-state index contributed by atoms with van der Waals surface area (Å²) in [5.41, 5.74) is 1.46. The van der Waals surface area contributed by atoms with E-state index in [0.717, 1.165) is 6.54 Å². The predicted molar refractivity (Wildman–Crippen MR) is 87.1 cm³/mol. The highest BCUT2D eigenvalue weighted by molar-refractivity contribution is 5.76. The molecule has 5 nitrogen and oxygen atoms in total. The molecule has 1 unspecified atom stereocenters. The third kappa shape index (κ3) is 3.19. The van der Waals surface area contributed by atoms with Crippen LogP contribution in [-0.2, 0) is 4.79 Å². The topological polar surface area (TPSA) is 69.6 Å². The van der Waals surface area contributed by atoms with Gasteiger partial charge in [-0.3, -0.25) is 4.79 Å². The van der Waals surface area contributed by atoms with Crippen molar-refractivity contribution >= 4 is 12.0 Å². The largest absolute Gasteiger partial charge is 0.481 e. The number of carbonyl (C=O) groups is 2. The molecule has 2 amide bonds. The van der Waals surface area contributed by atoms with E-state index in [0.29, 0.717) is 13.0 Å². The molecule has 2 aliphatic rings. The minimum absolute atomic E-state index is 0.0678. The lowest BCUT2D eigenvalue weighted by molar-refractivity contribution is -0.137. The van der Waals surface area contributed by atoms with Crippen molar-refractivity contribution in [2.24, 2.45) is 5.41 Å². The number of nitrogens with one attached hydrogen (secondary N) is 1. The van der Waals surface area contributed by atoms with Gasteiger partial charge in [0.15, 0.2) is 0 Å². The number of carboxylic acids is 1. The normalized spacial score (nSPS) is 21.9. The van der Waals surface area contributed by atoms with E-state index in [1.807, 2.05) is 23.1 Å². The van der Waals surface area contributed by atoms with Gasteiger partial charge in [-0.2, -0.15) is 0 Å². The molecule has 2 N–H and O–H groups in total. The molecule has 1 atom stereocenters. The van der Waals surface area contributed by atoms with E-state index in [2.05, 4.69) is 17.4 Å². The lowest BCUT2D eigenvalue weighted by Crippen LogP contribution is -2.61. The molecule has 1 aliphatic carbocycles. The van der Waals surface area contributed by atoms with Gasteiger partial charge in [0.2, 0.25) is 0 Å². The number of urea groups is 1. The number of carboxylic acid groups (broad SMARTS) is 1. The van der Waals surface area contributed by atoms with Gasteiger partial charge in [-0.1, -0.05) is 43.2 Å². The van der Waals surface area contributed by atoms with Gasteiger partial charge < -0.3 is 15.3 Å². The van der Waals surface area contributed by atoms with Gasteiger partial charge in [-0.05, 0) is 24.8 Å². The Morgan fingerprint density at radius 1 is 1.22 bits per heavy atom. The van der Waals surface area contributed by atoms with Gasteiger partial charge >= 0.3 is 12.0 Å². The molecule has 3 rings (SSSR count). The number of amides is 2. The van der Waals surface area contributed by atoms with Crippen LogP contribution in [0.4, 0.5) is 4.79 Å². The molecular weight excluding hydrogens is 292 g/mol. The van der Waals surface area contributed by atoms with Crippen molar-refractivity contribution in [2.75, 3.05) is 13.1 Å². The molecule has 0 aromatic heterocycles. The van der Waals surface area contributed by atoms with Crippen LogP contribution in [0, 0.1) is 5.41 Å². The molecule has 1 spiro atoms. The van der Waals surface area contributed by atoms with Crippen molar-refractivity contribution in [1.29, 1.82) is 0 Å². The van der Waals surface area contributed by atoms with E-state index in [4.69, 9.17) is 5.11 Å². The van der Waals surface area contributed by atoms with Crippen molar-refractivity contribution < 1.29 is 14.7 Å². The van der Waals surface area contributed by atoms with Crippen LogP contribution < -0.4 is 5.32 Å². The summed E-state index contributed by atoms with van der Waals surface area (Å²) in [5, 5.41) is 11.5. The average Bonchev–Trinajstić information content (AvgIpc) is 3.01. The molecule has 1 heterocycles. The Hall–Kier alpha value is -2.04. The Balaban J connectivity index is 1.65. The maximum Gasteiger partial charge on any atom is 0.317 e. The maximum absolute atomic E-state index is 12.5. The molecule has 2 fully saturated rings. The van der Waals surface area contributed by atoms with E-state index in [9.17, 15) is 9.59 Å². The van der Waals surface area contributed by atoms with Gasteiger partial charge in [0, 0.05) is 24.9 Å². The first-order chi connectivity index (χ1) is 11.1. The highest BCUT2D eigenvalue weighted by Gasteiger charge is 2.55. The zero-order valence-corrected chi connectivity index (χ0v) is 13.3. The molecule has 23 heavy (non-hydrogen) atoms. The van der Waals surface area contributed by atoms with E-state index < -0.39 is 5.97 Å². The number of nitrogens with zero attached hydrogens (tertiary/aromatic N) is 1. The number of hydrogen-bond donors (Lipinski definition) is 2. The fourth-order valence-corrected chi connectivity index (χ4v) is 4.14. The SMILES string of the molecule is O=C(O)CCCNC(=O)N1CC2(CCCC2)C1c1ccccc1. The second-order valence-corrected chi connectivity index (χ2v) is 6.74. The van der Waals surface area contributed by atoms with Gasteiger partial charge in [-0.25, -0.2) is 4.79 Å². The van der Waals surface area contributed by atoms with Crippen LogP contribution in [0.2, 0.25) is 0 Å². The van der Waals surface area contributed by atoms with E-state index in [1.54, 1.807) is 0 Å². The van der Waals surface area contributed by atoms with Crippen molar-refractivity contribution in [2.45, 2.75) is 44.6 Å². The first-order valence-corrected chi connectivity index (χ1v) is 8.44. The zero-order chi connectivity index (χ0) is 16.3. The third-order valence-electron chi connectivity index (χ3n) is 5.20. The molecule has 1 aromatic rings. The first-order valence-electron chi connectivity index (χ1n) is 8.44. The highest BCUT2D eigenvalue weighted by Crippen LogP contribution is 2.57. The molecule has 124 valence electrons. The quantitative estimate of drug-likeness (QED) is 0.820. The number of hydrogen-bond acceptors (Lipinski definition) is 2. The molecule has 0 bridgehead atoms. The zero-order valence-electron chi connectivity index (χ0n) is 13.3. The standard InChI is InChI=1S/C18H24N2O3/c21-15(22)9-6-12-19-17(23)20-13-18(10-4-5-11-18)16(20)14-7-2-1-3-8-14/h1-3,7-8,16H,4-6,9-13H2,(H,19,23)(H,21,22). The molecule has 0 radical (unpaired) electrons. The van der Waals surface area contributed by atoms with Gasteiger partial charge in [0.1, 0.15) is 0 Å². The lowest BCUT2D eigenvalue weighted by atomic mass is 9.67. The Labute approximate surface area is 136 Å². The summed E-state index contributed by atoms with van der Waals surface area (Å²) in [6.07, 6.45) is 5.43. The summed E-state index contributed by atoms with van der Waals surface area (Å²) < 4.78 is 0. The first kappa shape index (κ1) is 15.8. The van der Waals surface area contributed by atoms with Gasteiger partial charge in [-0.15, -0.1) is 0 Å². The average molecular weight is 316 g/mol. The summed E-state index contributed by atoms with van der Waals surface area (Å²) in [4.78, 5) is 24.9. The number of likely N-dealkylation sites (tertiary alicyclic amines) is 1. The predicted octanol–water partition coefficient (Wildman–Crippen LogP) is 3.18. The van der Waals surface area contributed by atoms with Crippen LogP contribution >= 0.6 is 0 Å². The Morgan fingerprint density at radius 3 is 2.57 bits per heavy atom. The summed E-state index contributed by atoms with van der Waals surface area (Å²) in [6.45, 7) is 1.23. The number of aliphatic carboxylic acids is 1. The fraction of sp³-hybridized carbons (Fsp3) is 0.556.